The molecule has 1 heterocycles. The van der Waals surface area contributed by atoms with E-state index in [2.05, 4.69) is 49.5 Å². The van der Waals surface area contributed by atoms with Gasteiger partial charge in [-0.1, -0.05) is 44.4 Å². The van der Waals surface area contributed by atoms with Crippen LogP contribution in [0.4, 0.5) is 5.82 Å². The lowest BCUT2D eigenvalue weighted by Gasteiger charge is -2.34. The number of fused-ring (bicyclic) bond motifs is 1. The molecule has 2 heteroatoms. The van der Waals surface area contributed by atoms with Gasteiger partial charge < -0.3 is 5.32 Å². The molecule has 1 aromatic carbocycles. The third kappa shape index (κ3) is 2.79. The highest BCUT2D eigenvalue weighted by molar-refractivity contribution is 5.81. The molecule has 0 bridgehead atoms. The van der Waals surface area contributed by atoms with Crippen molar-refractivity contribution >= 4 is 16.7 Å². The molecule has 20 heavy (non-hydrogen) atoms. The molecule has 0 amide bonds. The number of aryl methyl sites for hydroxylation is 1. The van der Waals surface area contributed by atoms with E-state index >= 15 is 0 Å². The molecule has 1 fully saturated rings. The van der Waals surface area contributed by atoms with Gasteiger partial charge in [0.1, 0.15) is 5.82 Å². The summed E-state index contributed by atoms with van der Waals surface area (Å²) in [7, 11) is 0. The van der Waals surface area contributed by atoms with Crippen molar-refractivity contribution in [1.82, 2.24) is 4.98 Å². The molecule has 1 saturated carbocycles. The number of aromatic nitrogens is 1. The molecule has 0 aliphatic heterocycles. The van der Waals surface area contributed by atoms with E-state index in [4.69, 9.17) is 4.98 Å². The highest BCUT2D eigenvalue weighted by atomic mass is 15.0. The van der Waals surface area contributed by atoms with Crippen molar-refractivity contribution in [2.24, 2.45) is 5.41 Å². The van der Waals surface area contributed by atoms with Crippen molar-refractivity contribution in [1.29, 1.82) is 0 Å². The predicted octanol–water partition coefficient (Wildman–Crippen LogP) is 4.93. The summed E-state index contributed by atoms with van der Waals surface area (Å²) in [5, 5.41) is 4.83. The fourth-order valence-electron chi connectivity index (χ4n) is 3.28. The van der Waals surface area contributed by atoms with Crippen molar-refractivity contribution in [3.8, 4) is 0 Å². The Bertz CT molecular complexity index is 597. The zero-order valence-electron chi connectivity index (χ0n) is 12.6. The first-order chi connectivity index (χ1) is 9.66. The lowest BCUT2D eigenvalue weighted by molar-refractivity contribution is 0.233. The molecule has 2 aromatic rings. The molecule has 1 aliphatic carbocycles. The average Bonchev–Trinajstić information content (AvgIpc) is 2.46. The Morgan fingerprint density at radius 1 is 1.15 bits per heavy atom. The molecular weight excluding hydrogens is 244 g/mol. The highest BCUT2D eigenvalue weighted by Gasteiger charge is 2.26. The summed E-state index contributed by atoms with van der Waals surface area (Å²) < 4.78 is 0. The van der Waals surface area contributed by atoms with Gasteiger partial charge in [-0.3, -0.25) is 0 Å². The molecule has 0 unspecified atom stereocenters. The summed E-state index contributed by atoms with van der Waals surface area (Å²) in [6.07, 6.45) is 6.84. The van der Waals surface area contributed by atoms with Gasteiger partial charge in [-0.2, -0.15) is 0 Å². The molecular formula is C18H24N2. The van der Waals surface area contributed by atoms with Crippen LogP contribution < -0.4 is 5.32 Å². The fourth-order valence-corrected chi connectivity index (χ4v) is 3.28. The lowest BCUT2D eigenvalue weighted by atomic mass is 9.76. The van der Waals surface area contributed by atoms with Crippen LogP contribution in [0.5, 0.6) is 0 Å². The maximum atomic E-state index is 4.78. The van der Waals surface area contributed by atoms with Crippen LogP contribution in [0.2, 0.25) is 0 Å². The second kappa shape index (κ2) is 5.43. The van der Waals surface area contributed by atoms with Gasteiger partial charge in [-0.25, -0.2) is 4.98 Å². The molecule has 3 rings (SSSR count). The number of nitrogens with one attached hydrogen (secondary N) is 1. The van der Waals surface area contributed by atoms with Gasteiger partial charge in [0.15, 0.2) is 0 Å². The average molecular weight is 268 g/mol. The molecule has 1 aliphatic rings. The minimum absolute atomic E-state index is 0.442. The van der Waals surface area contributed by atoms with E-state index in [0.29, 0.717) is 5.41 Å². The van der Waals surface area contributed by atoms with Gasteiger partial charge in [0.2, 0.25) is 0 Å². The second-order valence-electron chi connectivity index (χ2n) is 6.57. The molecule has 2 nitrogen and oxygen atoms in total. The normalized spacial score (nSPS) is 18.1. The van der Waals surface area contributed by atoms with Crippen LogP contribution in [0.25, 0.3) is 10.9 Å². The molecule has 0 spiro atoms. The molecule has 0 atom stereocenters. The summed E-state index contributed by atoms with van der Waals surface area (Å²) in [5.74, 6) is 1.05. The van der Waals surface area contributed by atoms with E-state index in [9.17, 15) is 0 Å². The van der Waals surface area contributed by atoms with Crippen LogP contribution in [0.15, 0.2) is 30.3 Å². The van der Waals surface area contributed by atoms with Gasteiger partial charge in [-0.05, 0) is 42.9 Å². The first-order valence-electron chi connectivity index (χ1n) is 7.77. The van der Waals surface area contributed by atoms with Gasteiger partial charge in [0.25, 0.3) is 0 Å². The molecule has 1 aromatic heterocycles. The lowest BCUT2D eigenvalue weighted by Crippen LogP contribution is -2.29. The van der Waals surface area contributed by atoms with Crippen molar-refractivity contribution in [2.45, 2.75) is 46.0 Å². The van der Waals surface area contributed by atoms with Crippen LogP contribution in [-0.4, -0.2) is 11.5 Å². The number of nitrogens with zero attached hydrogens (tertiary/aromatic N) is 1. The Morgan fingerprint density at radius 2 is 1.90 bits per heavy atom. The second-order valence-corrected chi connectivity index (χ2v) is 6.57. The zero-order valence-corrected chi connectivity index (χ0v) is 12.6. The first kappa shape index (κ1) is 13.4. The number of hydrogen-bond donors (Lipinski definition) is 1. The number of pyridine rings is 1. The molecule has 0 radical (unpaired) electrons. The third-order valence-electron chi connectivity index (χ3n) is 4.66. The Morgan fingerprint density at radius 3 is 2.70 bits per heavy atom. The van der Waals surface area contributed by atoms with Crippen LogP contribution in [-0.2, 0) is 0 Å². The summed E-state index contributed by atoms with van der Waals surface area (Å²) in [6, 6.07) is 10.6. The van der Waals surface area contributed by atoms with Crippen LogP contribution >= 0.6 is 0 Å². The zero-order chi connectivity index (χ0) is 14.0. The predicted molar refractivity (Wildman–Crippen MR) is 86.2 cm³/mol. The number of anilines is 1. The van der Waals surface area contributed by atoms with E-state index < -0.39 is 0 Å². The Labute approximate surface area is 121 Å². The van der Waals surface area contributed by atoms with Gasteiger partial charge in [-0.15, -0.1) is 0 Å². The summed E-state index contributed by atoms with van der Waals surface area (Å²) in [5.41, 5.74) is 2.76. The quantitative estimate of drug-likeness (QED) is 0.854. The minimum atomic E-state index is 0.442. The SMILES string of the molecule is Cc1cc2ccccc2nc1NCC1(C)CCCCC1. The van der Waals surface area contributed by atoms with Gasteiger partial charge >= 0.3 is 0 Å². The van der Waals surface area contributed by atoms with E-state index in [0.717, 1.165) is 17.9 Å². The number of hydrogen-bond acceptors (Lipinski definition) is 2. The van der Waals surface area contributed by atoms with Crippen LogP contribution in [0.3, 0.4) is 0 Å². The Kier molecular flexibility index (Phi) is 3.64. The molecule has 106 valence electrons. The van der Waals surface area contributed by atoms with E-state index in [-0.39, 0.29) is 0 Å². The maximum absolute atomic E-state index is 4.78. The third-order valence-corrected chi connectivity index (χ3v) is 4.66. The number of benzene rings is 1. The van der Waals surface area contributed by atoms with Crippen molar-refractivity contribution in [3.63, 3.8) is 0 Å². The number of rotatable bonds is 3. The first-order valence-corrected chi connectivity index (χ1v) is 7.77. The summed E-state index contributed by atoms with van der Waals surface area (Å²) in [4.78, 5) is 4.78. The monoisotopic (exact) mass is 268 g/mol. The van der Waals surface area contributed by atoms with Gasteiger partial charge in [0, 0.05) is 11.9 Å². The van der Waals surface area contributed by atoms with Crippen LogP contribution in [0.1, 0.15) is 44.6 Å². The number of para-hydroxylation sites is 1. The summed E-state index contributed by atoms with van der Waals surface area (Å²) in [6.45, 7) is 5.60. The smallest absolute Gasteiger partial charge is 0.129 e. The van der Waals surface area contributed by atoms with Gasteiger partial charge in [0.05, 0.1) is 5.52 Å². The summed E-state index contributed by atoms with van der Waals surface area (Å²) >= 11 is 0. The van der Waals surface area contributed by atoms with E-state index in [1.165, 1.54) is 43.1 Å². The van der Waals surface area contributed by atoms with Crippen molar-refractivity contribution in [2.75, 3.05) is 11.9 Å². The topological polar surface area (TPSA) is 24.9 Å². The minimum Gasteiger partial charge on any atom is -0.369 e. The fraction of sp³-hybridized carbons (Fsp3) is 0.500. The maximum Gasteiger partial charge on any atom is 0.129 e. The molecule has 0 saturated heterocycles. The highest BCUT2D eigenvalue weighted by Crippen LogP contribution is 2.36. The Balaban J connectivity index is 1.78. The van der Waals surface area contributed by atoms with Crippen LogP contribution in [0, 0.1) is 12.3 Å². The Hall–Kier alpha value is -1.57. The van der Waals surface area contributed by atoms with E-state index in [1.54, 1.807) is 0 Å². The molecule has 1 N–H and O–H groups in total. The standard InChI is InChI=1S/C18H24N2/c1-14-12-15-8-4-5-9-16(15)20-17(14)19-13-18(2)10-6-3-7-11-18/h4-5,8-9,12H,3,6-7,10-11,13H2,1-2H3,(H,19,20). The van der Waals surface area contributed by atoms with E-state index in [1.807, 2.05) is 0 Å². The largest absolute Gasteiger partial charge is 0.369 e. The van der Waals surface area contributed by atoms with Crippen molar-refractivity contribution < 1.29 is 0 Å². The van der Waals surface area contributed by atoms with Crippen molar-refractivity contribution in [3.05, 3.63) is 35.9 Å².